The lowest BCUT2D eigenvalue weighted by Gasteiger charge is -2.37. The van der Waals surface area contributed by atoms with Crippen molar-refractivity contribution in [1.29, 1.82) is 0 Å². The summed E-state index contributed by atoms with van der Waals surface area (Å²) in [5.41, 5.74) is 0. The van der Waals surface area contributed by atoms with Gasteiger partial charge in [-0.25, -0.2) is 0 Å². The highest BCUT2D eigenvalue weighted by molar-refractivity contribution is 8.00. The van der Waals surface area contributed by atoms with Gasteiger partial charge < -0.3 is 5.32 Å². The van der Waals surface area contributed by atoms with Gasteiger partial charge in [0.2, 0.25) is 0 Å². The Hall–Kier alpha value is 0.310. The molecule has 1 saturated heterocycles. The summed E-state index contributed by atoms with van der Waals surface area (Å²) in [5.74, 6) is 2.18. The van der Waals surface area contributed by atoms with Crippen molar-refractivity contribution in [2.75, 3.05) is 12.3 Å². The molecule has 0 saturated carbocycles. The molecule has 0 amide bonds. The number of nitrogens with one attached hydrogen (secondary N) is 1. The van der Waals surface area contributed by atoms with Crippen LogP contribution in [0.2, 0.25) is 0 Å². The summed E-state index contributed by atoms with van der Waals surface area (Å²) in [7, 11) is 0. The fraction of sp³-hybridized carbons (Fsp3) is 1.00. The molecule has 0 aromatic heterocycles. The molecule has 0 aliphatic carbocycles. The fourth-order valence-electron chi connectivity index (χ4n) is 1.70. The monoisotopic (exact) mass is 201 g/mol. The van der Waals surface area contributed by atoms with Gasteiger partial charge >= 0.3 is 0 Å². The van der Waals surface area contributed by atoms with Crippen LogP contribution in [0, 0.1) is 5.92 Å². The number of unbranched alkanes of at least 4 members (excludes halogenated alkanes) is 2. The highest BCUT2D eigenvalue weighted by Gasteiger charge is 2.28. The molecule has 2 unspecified atom stereocenters. The van der Waals surface area contributed by atoms with E-state index in [1.54, 1.807) is 0 Å². The Morgan fingerprint density at radius 2 is 2.23 bits per heavy atom. The van der Waals surface area contributed by atoms with E-state index in [4.69, 9.17) is 0 Å². The second-order valence-electron chi connectivity index (χ2n) is 4.49. The number of thioether (sulfide) groups is 1. The Bertz CT molecular complexity index is 139. The lowest BCUT2D eigenvalue weighted by molar-refractivity contribution is 0.399. The van der Waals surface area contributed by atoms with Gasteiger partial charge in [-0.05, 0) is 31.6 Å². The van der Waals surface area contributed by atoms with Crippen LogP contribution in [0.1, 0.15) is 46.5 Å². The quantitative estimate of drug-likeness (QED) is 0.701. The third kappa shape index (κ3) is 3.90. The van der Waals surface area contributed by atoms with Crippen LogP contribution in [0.25, 0.3) is 0 Å². The Balaban J connectivity index is 2.22. The molecular weight excluding hydrogens is 178 g/mol. The zero-order chi connectivity index (χ0) is 9.73. The first-order valence-corrected chi connectivity index (χ1v) is 6.54. The molecule has 2 heteroatoms. The molecule has 13 heavy (non-hydrogen) atoms. The van der Waals surface area contributed by atoms with Crippen LogP contribution in [0.4, 0.5) is 0 Å². The number of rotatable bonds is 4. The van der Waals surface area contributed by atoms with Crippen molar-refractivity contribution in [1.82, 2.24) is 5.32 Å². The standard InChI is InChI=1S/C11H23NS/c1-4-5-6-7-11(3)12-8-10(2)9-13-11/h10,12H,4-9H2,1-3H3. The van der Waals surface area contributed by atoms with Gasteiger partial charge in [0.15, 0.2) is 0 Å². The van der Waals surface area contributed by atoms with E-state index in [1.165, 1.54) is 38.0 Å². The van der Waals surface area contributed by atoms with E-state index in [0.29, 0.717) is 4.87 Å². The average Bonchev–Trinajstić information content (AvgIpc) is 2.12. The molecule has 1 fully saturated rings. The molecular formula is C11H23NS. The Morgan fingerprint density at radius 3 is 2.77 bits per heavy atom. The van der Waals surface area contributed by atoms with Gasteiger partial charge in [0.25, 0.3) is 0 Å². The van der Waals surface area contributed by atoms with Crippen LogP contribution < -0.4 is 5.32 Å². The highest BCUT2D eigenvalue weighted by atomic mass is 32.2. The van der Waals surface area contributed by atoms with Crippen LogP contribution in [0.3, 0.4) is 0 Å². The predicted molar refractivity (Wildman–Crippen MR) is 62.2 cm³/mol. The van der Waals surface area contributed by atoms with Gasteiger partial charge in [0.1, 0.15) is 0 Å². The minimum absolute atomic E-state index is 0.377. The summed E-state index contributed by atoms with van der Waals surface area (Å²) in [6.45, 7) is 8.16. The molecule has 0 aromatic carbocycles. The van der Waals surface area contributed by atoms with E-state index in [1.807, 2.05) is 0 Å². The molecule has 1 nitrogen and oxygen atoms in total. The third-order valence-electron chi connectivity index (χ3n) is 2.77. The van der Waals surface area contributed by atoms with Crippen molar-refractivity contribution in [2.24, 2.45) is 5.92 Å². The zero-order valence-electron chi connectivity index (χ0n) is 9.23. The molecule has 1 rings (SSSR count). The Labute approximate surface area is 87.1 Å². The maximum Gasteiger partial charge on any atom is 0.0616 e. The predicted octanol–water partition coefficient (Wildman–Crippen LogP) is 3.26. The average molecular weight is 201 g/mol. The van der Waals surface area contributed by atoms with Crippen LogP contribution in [0.15, 0.2) is 0 Å². The number of hydrogen-bond acceptors (Lipinski definition) is 2. The second-order valence-corrected chi connectivity index (χ2v) is 6.01. The van der Waals surface area contributed by atoms with Gasteiger partial charge in [-0.15, -0.1) is 11.8 Å². The highest BCUT2D eigenvalue weighted by Crippen LogP contribution is 2.32. The minimum atomic E-state index is 0.377. The smallest absolute Gasteiger partial charge is 0.0616 e. The van der Waals surface area contributed by atoms with Gasteiger partial charge in [0.05, 0.1) is 4.87 Å². The van der Waals surface area contributed by atoms with Gasteiger partial charge in [-0.2, -0.15) is 0 Å². The van der Waals surface area contributed by atoms with E-state index < -0.39 is 0 Å². The third-order valence-corrected chi connectivity index (χ3v) is 4.49. The first kappa shape index (κ1) is 11.4. The van der Waals surface area contributed by atoms with Crippen molar-refractivity contribution in [3.63, 3.8) is 0 Å². The summed E-state index contributed by atoms with van der Waals surface area (Å²) >= 11 is 2.11. The molecule has 1 aliphatic rings. The molecule has 0 bridgehead atoms. The normalized spacial score (nSPS) is 34.8. The molecule has 0 spiro atoms. The van der Waals surface area contributed by atoms with Gasteiger partial charge in [-0.1, -0.05) is 33.1 Å². The maximum absolute atomic E-state index is 3.67. The van der Waals surface area contributed by atoms with Gasteiger partial charge in [0, 0.05) is 0 Å². The van der Waals surface area contributed by atoms with Crippen LogP contribution in [-0.2, 0) is 0 Å². The first-order valence-electron chi connectivity index (χ1n) is 5.55. The van der Waals surface area contributed by atoms with Crippen LogP contribution >= 0.6 is 11.8 Å². The topological polar surface area (TPSA) is 12.0 Å². The van der Waals surface area contributed by atoms with E-state index in [2.05, 4.69) is 37.8 Å². The first-order chi connectivity index (χ1) is 6.16. The van der Waals surface area contributed by atoms with E-state index in [-0.39, 0.29) is 0 Å². The molecule has 0 radical (unpaired) electrons. The summed E-state index contributed by atoms with van der Waals surface area (Å²) in [4.78, 5) is 0.377. The van der Waals surface area contributed by atoms with Crippen molar-refractivity contribution in [3.8, 4) is 0 Å². The minimum Gasteiger partial charge on any atom is -0.303 e. The van der Waals surface area contributed by atoms with Crippen molar-refractivity contribution in [2.45, 2.75) is 51.3 Å². The molecule has 1 heterocycles. The SMILES string of the molecule is CCCCCC1(C)NCC(C)CS1. The lowest BCUT2D eigenvalue weighted by Crippen LogP contribution is -2.46. The van der Waals surface area contributed by atoms with Crippen LogP contribution in [0.5, 0.6) is 0 Å². The molecule has 1 N–H and O–H groups in total. The summed E-state index contributed by atoms with van der Waals surface area (Å²) < 4.78 is 0. The van der Waals surface area contributed by atoms with Crippen LogP contribution in [-0.4, -0.2) is 17.2 Å². The van der Waals surface area contributed by atoms with Crippen molar-refractivity contribution < 1.29 is 0 Å². The number of hydrogen-bond donors (Lipinski definition) is 1. The lowest BCUT2D eigenvalue weighted by atomic mass is 10.1. The fourth-order valence-corrected chi connectivity index (χ4v) is 2.94. The summed E-state index contributed by atoms with van der Waals surface area (Å²) in [5, 5.41) is 3.67. The largest absolute Gasteiger partial charge is 0.303 e. The summed E-state index contributed by atoms with van der Waals surface area (Å²) in [6, 6.07) is 0. The van der Waals surface area contributed by atoms with Gasteiger partial charge in [-0.3, -0.25) is 0 Å². The zero-order valence-corrected chi connectivity index (χ0v) is 10.0. The Kier molecular flexibility index (Phi) is 4.60. The van der Waals surface area contributed by atoms with E-state index in [9.17, 15) is 0 Å². The maximum atomic E-state index is 3.67. The van der Waals surface area contributed by atoms with E-state index >= 15 is 0 Å². The molecule has 1 aliphatic heterocycles. The summed E-state index contributed by atoms with van der Waals surface area (Å²) in [6.07, 6.45) is 5.42. The molecule has 2 atom stereocenters. The second kappa shape index (κ2) is 5.26. The molecule has 78 valence electrons. The Morgan fingerprint density at radius 1 is 1.46 bits per heavy atom. The van der Waals surface area contributed by atoms with Crippen molar-refractivity contribution in [3.05, 3.63) is 0 Å². The molecule has 0 aromatic rings. The van der Waals surface area contributed by atoms with E-state index in [0.717, 1.165) is 5.92 Å². The van der Waals surface area contributed by atoms with Crippen molar-refractivity contribution >= 4 is 11.8 Å².